The van der Waals surface area contributed by atoms with Crippen molar-refractivity contribution in [1.29, 1.82) is 0 Å². The van der Waals surface area contributed by atoms with Crippen LogP contribution in [-0.4, -0.2) is 43.0 Å². The Bertz CT molecular complexity index is 920. The molecule has 1 atom stereocenters. The second-order valence-corrected chi connectivity index (χ2v) is 17.6. The van der Waals surface area contributed by atoms with Crippen LogP contribution in [0.2, 0.25) is 0 Å². The van der Waals surface area contributed by atoms with Crippen LogP contribution >= 0.6 is 0 Å². The maximum absolute atomic E-state index is 12.6. The van der Waals surface area contributed by atoms with Crippen LogP contribution in [0.3, 0.4) is 0 Å². The Morgan fingerprint density at radius 2 is 1.23 bits per heavy atom. The summed E-state index contributed by atoms with van der Waals surface area (Å²) in [6, 6.07) is 31.0. The molecule has 4 nitrogen and oxygen atoms in total. The van der Waals surface area contributed by atoms with Gasteiger partial charge in [-0.2, -0.15) is 0 Å². The molecule has 3 aromatic rings. The van der Waals surface area contributed by atoms with Gasteiger partial charge in [-0.05, 0) is 0 Å². The average molecular weight is 521 g/mol. The summed E-state index contributed by atoms with van der Waals surface area (Å²) < 4.78 is 15.9. The molecule has 3 aromatic carbocycles. The standard InChI is InChI=1S/C8H11O4.3C6H5.Sn/c1-4-7(9)12-6(3)8(10)11-5-2;3*1-2-4-6-5-3-1;/h1,4,6H,5H2,2-3H3;3*1-5H;/t6-;;;;/m0..../s1. The summed E-state index contributed by atoms with van der Waals surface area (Å²) in [6.45, 7) is 3.48. The number of ether oxygens (including phenoxy) is 2. The number of carbonyl (C=O) groups is 2. The van der Waals surface area contributed by atoms with E-state index in [0.717, 1.165) is 0 Å². The van der Waals surface area contributed by atoms with Crippen molar-refractivity contribution in [1.82, 2.24) is 0 Å². The van der Waals surface area contributed by atoms with Crippen molar-refractivity contribution in [3.8, 4) is 0 Å². The molecule has 0 amide bonds. The first-order valence-electron chi connectivity index (χ1n) is 10.3. The molecule has 5 heteroatoms. The predicted molar refractivity (Wildman–Crippen MR) is 125 cm³/mol. The first-order valence-corrected chi connectivity index (χ1v) is 16.2. The van der Waals surface area contributed by atoms with Crippen LogP contribution < -0.4 is 10.7 Å². The van der Waals surface area contributed by atoms with Crippen molar-refractivity contribution in [2.45, 2.75) is 20.0 Å². The molecule has 3 rings (SSSR count). The molecule has 31 heavy (non-hydrogen) atoms. The van der Waals surface area contributed by atoms with Crippen LogP contribution in [0.25, 0.3) is 0 Å². The van der Waals surface area contributed by atoms with Crippen LogP contribution in [-0.2, 0) is 19.1 Å². The summed E-state index contributed by atoms with van der Waals surface area (Å²) in [4.78, 5) is 24.5. The second kappa shape index (κ2) is 11.0. The summed E-state index contributed by atoms with van der Waals surface area (Å²) in [5.41, 5.74) is 0. The van der Waals surface area contributed by atoms with Crippen LogP contribution in [0, 0.1) is 0 Å². The normalized spacial score (nSPS) is 12.3. The van der Waals surface area contributed by atoms with Gasteiger partial charge < -0.3 is 0 Å². The van der Waals surface area contributed by atoms with Crippen LogP contribution in [0.15, 0.2) is 101 Å². The SMILES string of the molecule is CCOC(=O)[C@H](C)OC(=O)/C=[CH]/[Sn]([c]1ccccc1)([c]1ccccc1)[c]1ccccc1. The molecule has 0 N–H and O–H groups in total. The van der Waals surface area contributed by atoms with Gasteiger partial charge in [0.25, 0.3) is 0 Å². The summed E-state index contributed by atoms with van der Waals surface area (Å²) in [7, 11) is 0. The van der Waals surface area contributed by atoms with Crippen molar-refractivity contribution >= 4 is 41.1 Å². The van der Waals surface area contributed by atoms with Gasteiger partial charge >= 0.3 is 188 Å². The van der Waals surface area contributed by atoms with Crippen molar-refractivity contribution < 1.29 is 19.1 Å². The van der Waals surface area contributed by atoms with Gasteiger partial charge in [-0.25, -0.2) is 0 Å². The second-order valence-electron chi connectivity index (χ2n) is 7.07. The number of carbonyl (C=O) groups excluding carboxylic acids is 2. The first-order chi connectivity index (χ1) is 15.1. The number of hydrogen-bond acceptors (Lipinski definition) is 4. The Hall–Kier alpha value is -2.86. The maximum atomic E-state index is 12.6. The molecule has 0 spiro atoms. The van der Waals surface area contributed by atoms with Gasteiger partial charge in [0.15, 0.2) is 0 Å². The molecule has 0 bridgehead atoms. The van der Waals surface area contributed by atoms with E-state index in [1.807, 2.05) is 54.6 Å². The van der Waals surface area contributed by atoms with E-state index in [9.17, 15) is 9.59 Å². The van der Waals surface area contributed by atoms with Crippen molar-refractivity contribution in [3.05, 3.63) is 101 Å². The van der Waals surface area contributed by atoms with Crippen LogP contribution in [0.4, 0.5) is 0 Å². The molecule has 0 saturated heterocycles. The van der Waals surface area contributed by atoms with E-state index in [4.69, 9.17) is 9.47 Å². The van der Waals surface area contributed by atoms with E-state index in [0.29, 0.717) is 0 Å². The molecule has 0 aliphatic heterocycles. The Labute approximate surface area is 187 Å². The third-order valence-electron chi connectivity index (χ3n) is 5.07. The van der Waals surface area contributed by atoms with Crippen LogP contribution in [0.1, 0.15) is 13.8 Å². The zero-order valence-corrected chi connectivity index (χ0v) is 20.6. The van der Waals surface area contributed by atoms with Crippen molar-refractivity contribution in [2.24, 2.45) is 0 Å². The molecule has 0 heterocycles. The molecule has 0 radical (unpaired) electrons. The number of benzene rings is 3. The molecule has 0 aliphatic carbocycles. The number of rotatable bonds is 8. The summed E-state index contributed by atoms with van der Waals surface area (Å²) in [5, 5.41) is 0. The molecule has 0 aromatic heterocycles. The Morgan fingerprint density at radius 1 is 0.806 bits per heavy atom. The van der Waals surface area contributed by atoms with E-state index < -0.39 is 36.4 Å². The van der Waals surface area contributed by atoms with Gasteiger partial charge in [-0.15, -0.1) is 0 Å². The number of esters is 2. The Morgan fingerprint density at radius 3 is 1.61 bits per heavy atom. The summed E-state index contributed by atoms with van der Waals surface area (Å²) >= 11 is -3.68. The van der Waals surface area contributed by atoms with Gasteiger partial charge in [0.2, 0.25) is 0 Å². The first kappa shape index (κ1) is 22.8. The molecule has 0 unspecified atom stereocenters. The minimum absolute atomic E-state index is 0.242. The van der Waals surface area contributed by atoms with E-state index >= 15 is 0 Å². The molecule has 0 fully saturated rings. The summed E-state index contributed by atoms with van der Waals surface area (Å²) in [6.07, 6.45) is 0.533. The monoisotopic (exact) mass is 522 g/mol. The van der Waals surface area contributed by atoms with Crippen molar-refractivity contribution in [3.63, 3.8) is 0 Å². The fourth-order valence-corrected chi connectivity index (χ4v) is 15.4. The predicted octanol–water partition coefficient (Wildman–Crippen LogP) is 2.75. The van der Waals surface area contributed by atoms with Crippen molar-refractivity contribution in [2.75, 3.05) is 6.61 Å². The molecular formula is C26H26O4Sn. The average Bonchev–Trinajstić information content (AvgIpc) is 2.82. The van der Waals surface area contributed by atoms with Gasteiger partial charge in [-0.1, -0.05) is 0 Å². The summed E-state index contributed by atoms with van der Waals surface area (Å²) in [5.74, 6) is -1.10. The Kier molecular flexibility index (Phi) is 8.06. The minimum atomic E-state index is -3.68. The third-order valence-corrected chi connectivity index (χ3v) is 17.6. The Balaban J connectivity index is 2.07. The molecule has 0 saturated carbocycles. The van der Waals surface area contributed by atoms with Gasteiger partial charge in [0, 0.05) is 0 Å². The fraction of sp³-hybridized carbons (Fsp3) is 0.154. The van der Waals surface area contributed by atoms with Crippen LogP contribution in [0.5, 0.6) is 0 Å². The number of hydrogen-bond donors (Lipinski definition) is 0. The quantitative estimate of drug-likeness (QED) is 0.260. The van der Waals surface area contributed by atoms with E-state index in [-0.39, 0.29) is 6.61 Å². The zero-order valence-electron chi connectivity index (χ0n) is 17.7. The third kappa shape index (κ3) is 5.44. The zero-order chi connectivity index (χ0) is 22.1. The van der Waals surface area contributed by atoms with E-state index in [1.54, 1.807) is 6.92 Å². The molecule has 0 aliphatic rings. The van der Waals surface area contributed by atoms with Gasteiger partial charge in [0.1, 0.15) is 0 Å². The van der Waals surface area contributed by atoms with Gasteiger partial charge in [-0.3, -0.25) is 0 Å². The fourth-order valence-electron chi connectivity index (χ4n) is 3.61. The van der Waals surface area contributed by atoms with E-state index in [2.05, 4.69) is 40.5 Å². The molecular weight excluding hydrogens is 495 g/mol. The molecule has 158 valence electrons. The van der Waals surface area contributed by atoms with Gasteiger partial charge in [0.05, 0.1) is 0 Å². The topological polar surface area (TPSA) is 52.6 Å². The van der Waals surface area contributed by atoms with E-state index in [1.165, 1.54) is 23.7 Å².